The highest BCUT2D eigenvalue weighted by Crippen LogP contribution is 2.37. The maximum absolute atomic E-state index is 10.9. The molecule has 4 unspecified atom stereocenters. The lowest BCUT2D eigenvalue weighted by Gasteiger charge is -2.45. The molecule has 0 bridgehead atoms. The number of hydrogen-bond donors (Lipinski definition) is 2. The topological polar surface area (TPSA) is 64.4 Å². The number of carbonyl (C=O) groups excluding carboxylic acids is 1. The lowest BCUT2D eigenvalue weighted by molar-refractivity contribution is -0.120. The van der Waals surface area contributed by atoms with E-state index < -0.39 is 5.91 Å². The summed E-state index contributed by atoms with van der Waals surface area (Å²) >= 11 is 0. The second-order valence-electron chi connectivity index (χ2n) is 3.51. The van der Waals surface area contributed by atoms with Crippen LogP contribution in [0.5, 0.6) is 0 Å². The number of rotatable bonds is 1. The number of ether oxygens (including phenoxy) is 1. The minimum Gasteiger partial charge on any atom is -0.376 e. The van der Waals surface area contributed by atoms with E-state index in [1.807, 2.05) is 5.92 Å². The summed E-state index contributed by atoms with van der Waals surface area (Å²) in [5.74, 6) is 2.00. The summed E-state index contributed by atoms with van der Waals surface area (Å²) in [7, 11) is 0. The summed E-state index contributed by atoms with van der Waals surface area (Å²) in [6.45, 7) is 0.742. The Morgan fingerprint density at radius 1 is 1.69 bits per heavy atom. The minimum absolute atomic E-state index is 0.00444. The van der Waals surface area contributed by atoms with E-state index in [0.29, 0.717) is 5.92 Å². The van der Waals surface area contributed by atoms with Gasteiger partial charge in [-0.15, -0.1) is 6.42 Å². The van der Waals surface area contributed by atoms with Gasteiger partial charge in [-0.25, -0.2) is 0 Å². The van der Waals surface area contributed by atoms with Gasteiger partial charge >= 0.3 is 0 Å². The van der Waals surface area contributed by atoms with Crippen molar-refractivity contribution in [3.8, 4) is 12.3 Å². The first-order valence-electron chi connectivity index (χ1n) is 4.38. The zero-order chi connectivity index (χ0) is 9.42. The van der Waals surface area contributed by atoms with Gasteiger partial charge < -0.3 is 15.8 Å². The molecule has 13 heavy (non-hydrogen) atoms. The van der Waals surface area contributed by atoms with Crippen LogP contribution in [0.25, 0.3) is 0 Å². The van der Waals surface area contributed by atoms with E-state index in [9.17, 15) is 4.79 Å². The van der Waals surface area contributed by atoms with Crippen molar-refractivity contribution in [2.24, 2.45) is 11.7 Å². The molecule has 1 heterocycles. The fraction of sp³-hybridized carbons (Fsp3) is 0.667. The van der Waals surface area contributed by atoms with E-state index in [4.69, 9.17) is 16.9 Å². The Kier molecular flexibility index (Phi) is 1.98. The van der Waals surface area contributed by atoms with Crippen LogP contribution in [0, 0.1) is 18.3 Å². The number of fused-ring (bicyclic) bond motifs is 1. The second kappa shape index (κ2) is 3.02. The Morgan fingerprint density at radius 2 is 2.46 bits per heavy atom. The first-order valence-corrected chi connectivity index (χ1v) is 4.38. The molecule has 70 valence electrons. The van der Waals surface area contributed by atoms with E-state index >= 15 is 0 Å². The van der Waals surface area contributed by atoms with Crippen molar-refractivity contribution < 1.29 is 9.53 Å². The molecule has 2 fully saturated rings. The van der Waals surface area contributed by atoms with E-state index in [2.05, 4.69) is 5.32 Å². The number of nitrogens with two attached hydrogens (primary N) is 1. The lowest BCUT2D eigenvalue weighted by Crippen LogP contribution is -2.68. The summed E-state index contributed by atoms with van der Waals surface area (Å²) in [4.78, 5) is 10.9. The highest BCUT2D eigenvalue weighted by Gasteiger charge is 2.52. The first-order chi connectivity index (χ1) is 6.24. The van der Waals surface area contributed by atoms with Gasteiger partial charge in [0.15, 0.2) is 0 Å². The number of nitrogens with one attached hydrogen (secondary N) is 1. The zero-order valence-electron chi connectivity index (χ0n) is 7.19. The fourth-order valence-corrected chi connectivity index (χ4v) is 2.12. The highest BCUT2D eigenvalue weighted by atomic mass is 16.5. The smallest absolute Gasteiger partial charge is 0.295 e. The maximum atomic E-state index is 10.9. The summed E-state index contributed by atoms with van der Waals surface area (Å²) in [6.07, 6.45) is 6.02. The molecule has 1 saturated carbocycles. The van der Waals surface area contributed by atoms with Crippen molar-refractivity contribution in [2.75, 3.05) is 6.61 Å². The molecule has 0 aromatic heterocycles. The van der Waals surface area contributed by atoms with E-state index in [1.165, 1.54) is 0 Å². The highest BCUT2D eigenvalue weighted by molar-refractivity contribution is 5.93. The third-order valence-electron chi connectivity index (χ3n) is 2.88. The van der Waals surface area contributed by atoms with E-state index in [-0.39, 0.29) is 18.2 Å². The molecule has 4 heteroatoms. The van der Waals surface area contributed by atoms with Crippen LogP contribution in [0.3, 0.4) is 0 Å². The molecule has 1 aliphatic heterocycles. The molecule has 1 saturated heterocycles. The van der Waals surface area contributed by atoms with Crippen LogP contribution >= 0.6 is 0 Å². The summed E-state index contributed by atoms with van der Waals surface area (Å²) in [5.41, 5.74) is 5.85. The fourth-order valence-electron chi connectivity index (χ4n) is 2.12. The van der Waals surface area contributed by atoms with Gasteiger partial charge in [0.2, 0.25) is 0 Å². The normalized spacial score (nSPS) is 41.5. The average Bonchev–Trinajstić information content (AvgIpc) is 2.58. The zero-order valence-corrected chi connectivity index (χ0v) is 7.19. The van der Waals surface area contributed by atoms with Gasteiger partial charge in [-0.05, 0) is 12.3 Å². The van der Waals surface area contributed by atoms with Crippen LogP contribution in [0.15, 0.2) is 0 Å². The van der Waals surface area contributed by atoms with Crippen LogP contribution in [0.2, 0.25) is 0 Å². The summed E-state index contributed by atoms with van der Waals surface area (Å²) in [5, 5.41) is 2.66. The Labute approximate surface area is 76.8 Å². The van der Waals surface area contributed by atoms with Crippen molar-refractivity contribution in [3.05, 3.63) is 0 Å². The number of carbonyl (C=O) groups is 1. The SMILES string of the molecule is C#CC(=O)NC1C(N)C2CCOC21. The molecule has 1 amide bonds. The molecule has 4 nitrogen and oxygen atoms in total. The molecule has 2 rings (SSSR count). The van der Waals surface area contributed by atoms with Crippen LogP contribution in [0.4, 0.5) is 0 Å². The van der Waals surface area contributed by atoms with Crippen LogP contribution in [-0.4, -0.2) is 30.7 Å². The Balaban J connectivity index is 1.95. The summed E-state index contributed by atoms with van der Waals surface area (Å²) < 4.78 is 5.42. The largest absolute Gasteiger partial charge is 0.376 e. The van der Waals surface area contributed by atoms with Gasteiger partial charge in [0, 0.05) is 18.6 Å². The standard InChI is InChI=1S/C9H12N2O2/c1-2-6(12)11-8-7(10)5-3-4-13-9(5)8/h1,5,7-9H,3-4,10H2,(H,11,12). The quantitative estimate of drug-likeness (QED) is 0.501. The molecular formula is C9H12N2O2. The van der Waals surface area contributed by atoms with Gasteiger partial charge in [-0.1, -0.05) is 0 Å². The van der Waals surface area contributed by atoms with Crippen LogP contribution in [0.1, 0.15) is 6.42 Å². The van der Waals surface area contributed by atoms with Crippen molar-refractivity contribution >= 4 is 5.91 Å². The predicted molar refractivity (Wildman–Crippen MR) is 46.6 cm³/mol. The molecule has 2 aliphatic rings. The van der Waals surface area contributed by atoms with Crippen molar-refractivity contribution in [3.63, 3.8) is 0 Å². The predicted octanol–water partition coefficient (Wildman–Crippen LogP) is -1.15. The van der Waals surface area contributed by atoms with Crippen molar-refractivity contribution in [1.29, 1.82) is 0 Å². The molecular weight excluding hydrogens is 168 g/mol. The van der Waals surface area contributed by atoms with Gasteiger partial charge in [0.1, 0.15) is 0 Å². The summed E-state index contributed by atoms with van der Waals surface area (Å²) in [6, 6.07) is -0.0825. The van der Waals surface area contributed by atoms with Gasteiger partial charge in [0.05, 0.1) is 12.1 Å². The molecule has 0 spiro atoms. The van der Waals surface area contributed by atoms with E-state index in [0.717, 1.165) is 13.0 Å². The molecule has 0 aromatic rings. The van der Waals surface area contributed by atoms with Crippen molar-refractivity contribution in [1.82, 2.24) is 5.32 Å². The molecule has 3 N–H and O–H groups in total. The average molecular weight is 180 g/mol. The van der Waals surface area contributed by atoms with E-state index in [1.54, 1.807) is 0 Å². The van der Waals surface area contributed by atoms with Crippen molar-refractivity contribution in [2.45, 2.75) is 24.6 Å². The minimum atomic E-state index is -0.408. The number of terminal acetylenes is 1. The Bertz CT molecular complexity index is 271. The van der Waals surface area contributed by atoms with Crippen LogP contribution in [-0.2, 0) is 9.53 Å². The molecule has 1 aliphatic carbocycles. The molecule has 4 atom stereocenters. The Hall–Kier alpha value is -1.05. The maximum Gasteiger partial charge on any atom is 0.295 e. The van der Waals surface area contributed by atoms with Gasteiger partial charge in [0.25, 0.3) is 5.91 Å². The van der Waals surface area contributed by atoms with Crippen LogP contribution < -0.4 is 11.1 Å². The number of amides is 1. The lowest BCUT2D eigenvalue weighted by atomic mass is 9.72. The second-order valence-corrected chi connectivity index (χ2v) is 3.51. The monoisotopic (exact) mass is 180 g/mol. The van der Waals surface area contributed by atoms with Gasteiger partial charge in [-0.3, -0.25) is 4.79 Å². The first kappa shape index (κ1) is 8.54. The molecule has 0 radical (unpaired) electrons. The number of hydrogen-bond acceptors (Lipinski definition) is 3. The van der Waals surface area contributed by atoms with Gasteiger partial charge in [-0.2, -0.15) is 0 Å². The third-order valence-corrected chi connectivity index (χ3v) is 2.88. The molecule has 0 aromatic carbocycles. The Morgan fingerprint density at radius 3 is 3.15 bits per heavy atom. The third kappa shape index (κ3) is 1.21.